The van der Waals surface area contributed by atoms with Crippen LogP contribution in [0.2, 0.25) is 10.0 Å². The van der Waals surface area contributed by atoms with Crippen LogP contribution in [0.4, 0.5) is 5.82 Å². The van der Waals surface area contributed by atoms with Crippen LogP contribution in [0.3, 0.4) is 0 Å². The molecule has 0 aliphatic rings. The zero-order chi connectivity index (χ0) is 18.4. The molecule has 0 unspecified atom stereocenters. The van der Waals surface area contributed by atoms with Gasteiger partial charge in [-0.05, 0) is 32.0 Å². The standard InChI is InChI=1S/C17H16Cl2N2O3S/c1-10(16(22)21-15-14(19)8-12(18)9-20-15)24-17(23)11(2)25-13-6-4-3-5-7-13/h3-11H,1-2H3,(H,20,21,22)/t10-,11-/m0/s1. The van der Waals surface area contributed by atoms with Gasteiger partial charge in [-0.1, -0.05) is 41.4 Å². The lowest BCUT2D eigenvalue weighted by molar-refractivity contribution is -0.152. The molecule has 0 aliphatic carbocycles. The van der Waals surface area contributed by atoms with E-state index < -0.39 is 23.2 Å². The number of nitrogens with one attached hydrogen (secondary N) is 1. The molecule has 8 heteroatoms. The Bertz CT molecular complexity index is 759. The number of halogens is 2. The number of carbonyl (C=O) groups excluding carboxylic acids is 2. The van der Waals surface area contributed by atoms with E-state index in [0.29, 0.717) is 5.02 Å². The predicted octanol–water partition coefficient (Wildman–Crippen LogP) is 4.44. The quantitative estimate of drug-likeness (QED) is 0.575. The Morgan fingerprint density at radius 2 is 1.88 bits per heavy atom. The van der Waals surface area contributed by atoms with E-state index in [1.54, 1.807) is 6.92 Å². The van der Waals surface area contributed by atoms with Crippen molar-refractivity contribution in [2.24, 2.45) is 0 Å². The second-order valence-corrected chi connectivity index (χ2v) is 7.38. The lowest BCUT2D eigenvalue weighted by atomic mass is 10.3. The van der Waals surface area contributed by atoms with Crippen molar-refractivity contribution in [3.8, 4) is 0 Å². The summed E-state index contributed by atoms with van der Waals surface area (Å²) < 4.78 is 5.21. The zero-order valence-corrected chi connectivity index (χ0v) is 15.9. The van der Waals surface area contributed by atoms with E-state index in [1.807, 2.05) is 30.3 Å². The average Bonchev–Trinajstić information content (AvgIpc) is 2.58. The Hall–Kier alpha value is -1.76. The molecule has 0 bridgehead atoms. The molecule has 0 aliphatic heterocycles. The van der Waals surface area contributed by atoms with Gasteiger partial charge in [0.05, 0.1) is 10.0 Å². The number of aromatic nitrogens is 1. The van der Waals surface area contributed by atoms with Crippen molar-refractivity contribution in [2.75, 3.05) is 5.32 Å². The molecule has 132 valence electrons. The molecule has 1 aromatic carbocycles. The zero-order valence-electron chi connectivity index (χ0n) is 13.5. The molecular weight excluding hydrogens is 383 g/mol. The molecule has 25 heavy (non-hydrogen) atoms. The number of thioether (sulfide) groups is 1. The third-order valence-electron chi connectivity index (χ3n) is 3.10. The summed E-state index contributed by atoms with van der Waals surface area (Å²) in [5.74, 6) is -0.848. The van der Waals surface area contributed by atoms with Gasteiger partial charge in [-0.25, -0.2) is 4.98 Å². The lowest BCUT2D eigenvalue weighted by Gasteiger charge is -2.16. The number of esters is 1. The number of amides is 1. The minimum atomic E-state index is -0.986. The van der Waals surface area contributed by atoms with Gasteiger partial charge in [-0.3, -0.25) is 9.59 Å². The SMILES string of the molecule is C[C@H](OC(=O)[C@H](C)Sc1ccccc1)C(=O)Nc1ncc(Cl)cc1Cl. The van der Waals surface area contributed by atoms with Crippen LogP contribution in [0.5, 0.6) is 0 Å². The molecule has 0 spiro atoms. The summed E-state index contributed by atoms with van der Waals surface area (Å²) in [7, 11) is 0. The number of carbonyl (C=O) groups is 2. The van der Waals surface area contributed by atoms with Gasteiger partial charge in [0.25, 0.3) is 5.91 Å². The number of pyridine rings is 1. The summed E-state index contributed by atoms with van der Waals surface area (Å²) in [5, 5.41) is 2.61. The third-order valence-corrected chi connectivity index (χ3v) is 4.68. The maximum atomic E-state index is 12.1. The van der Waals surface area contributed by atoms with E-state index >= 15 is 0 Å². The molecular formula is C17H16Cl2N2O3S. The normalized spacial score (nSPS) is 13.0. The molecule has 0 fully saturated rings. The van der Waals surface area contributed by atoms with Crippen molar-refractivity contribution in [2.45, 2.75) is 30.1 Å². The van der Waals surface area contributed by atoms with Crippen LogP contribution in [0, 0.1) is 0 Å². The van der Waals surface area contributed by atoms with Crippen molar-refractivity contribution in [3.05, 3.63) is 52.6 Å². The Morgan fingerprint density at radius 1 is 1.20 bits per heavy atom. The Labute approximate surface area is 160 Å². The van der Waals surface area contributed by atoms with Gasteiger partial charge in [-0.15, -0.1) is 11.8 Å². The van der Waals surface area contributed by atoms with E-state index in [4.69, 9.17) is 27.9 Å². The van der Waals surface area contributed by atoms with Crippen LogP contribution in [-0.2, 0) is 14.3 Å². The largest absolute Gasteiger partial charge is 0.452 e. The highest BCUT2D eigenvalue weighted by molar-refractivity contribution is 8.00. The third kappa shape index (κ3) is 5.92. The van der Waals surface area contributed by atoms with Gasteiger partial charge in [0.15, 0.2) is 11.9 Å². The van der Waals surface area contributed by atoms with Crippen molar-refractivity contribution in [1.29, 1.82) is 0 Å². The van der Waals surface area contributed by atoms with E-state index in [0.717, 1.165) is 4.90 Å². The monoisotopic (exact) mass is 398 g/mol. The highest BCUT2D eigenvalue weighted by atomic mass is 35.5. The fourth-order valence-electron chi connectivity index (χ4n) is 1.80. The summed E-state index contributed by atoms with van der Waals surface area (Å²) in [5.41, 5.74) is 0. The first kappa shape index (κ1) is 19.6. The topological polar surface area (TPSA) is 68.3 Å². The van der Waals surface area contributed by atoms with Crippen molar-refractivity contribution in [3.63, 3.8) is 0 Å². The molecule has 2 rings (SSSR count). The first-order valence-corrected chi connectivity index (χ1v) is 9.04. The van der Waals surface area contributed by atoms with Crippen LogP contribution in [0.15, 0.2) is 47.5 Å². The van der Waals surface area contributed by atoms with Gasteiger partial charge in [-0.2, -0.15) is 0 Å². The van der Waals surface area contributed by atoms with Gasteiger partial charge in [0.2, 0.25) is 0 Å². The summed E-state index contributed by atoms with van der Waals surface area (Å²) in [6.45, 7) is 3.21. The fraction of sp³-hybridized carbons (Fsp3) is 0.235. The second-order valence-electron chi connectivity index (χ2n) is 5.13. The maximum absolute atomic E-state index is 12.1. The van der Waals surface area contributed by atoms with Crippen LogP contribution in [0.25, 0.3) is 0 Å². The first-order chi connectivity index (χ1) is 11.9. The van der Waals surface area contributed by atoms with Crippen LogP contribution >= 0.6 is 35.0 Å². The van der Waals surface area contributed by atoms with Gasteiger partial charge in [0.1, 0.15) is 5.25 Å². The second kappa shape index (κ2) is 9.08. The summed E-state index contributed by atoms with van der Waals surface area (Å²) >= 11 is 13.1. The van der Waals surface area contributed by atoms with E-state index in [2.05, 4.69) is 10.3 Å². The molecule has 1 amide bonds. The Kier molecular flexibility index (Phi) is 7.11. The highest BCUT2D eigenvalue weighted by Gasteiger charge is 2.23. The highest BCUT2D eigenvalue weighted by Crippen LogP contribution is 2.25. The van der Waals surface area contributed by atoms with Gasteiger partial charge < -0.3 is 10.1 Å². The summed E-state index contributed by atoms with van der Waals surface area (Å²) in [6, 6.07) is 10.9. The minimum absolute atomic E-state index is 0.158. The Morgan fingerprint density at radius 3 is 2.52 bits per heavy atom. The Balaban J connectivity index is 1.90. The number of hydrogen-bond acceptors (Lipinski definition) is 5. The van der Waals surface area contributed by atoms with Gasteiger partial charge in [0, 0.05) is 11.1 Å². The number of anilines is 1. The first-order valence-electron chi connectivity index (χ1n) is 7.41. The van der Waals surface area contributed by atoms with E-state index in [9.17, 15) is 9.59 Å². The molecule has 0 radical (unpaired) electrons. The van der Waals surface area contributed by atoms with Crippen molar-refractivity contribution in [1.82, 2.24) is 4.98 Å². The number of hydrogen-bond donors (Lipinski definition) is 1. The number of benzene rings is 1. The molecule has 0 saturated carbocycles. The summed E-state index contributed by atoms with van der Waals surface area (Å²) in [6.07, 6.45) is 0.373. The van der Waals surface area contributed by atoms with E-state index in [1.165, 1.54) is 30.9 Å². The number of nitrogens with zero attached hydrogens (tertiary/aromatic N) is 1. The average molecular weight is 399 g/mol. The minimum Gasteiger partial charge on any atom is -0.452 e. The van der Waals surface area contributed by atoms with Gasteiger partial charge >= 0.3 is 5.97 Å². The smallest absolute Gasteiger partial charge is 0.319 e. The molecule has 2 atom stereocenters. The summed E-state index contributed by atoms with van der Waals surface area (Å²) in [4.78, 5) is 29.2. The molecule has 2 aromatic rings. The molecule has 1 aromatic heterocycles. The number of rotatable bonds is 6. The van der Waals surface area contributed by atoms with E-state index in [-0.39, 0.29) is 10.8 Å². The molecule has 1 N–H and O–H groups in total. The number of ether oxygens (including phenoxy) is 1. The molecule has 1 heterocycles. The maximum Gasteiger partial charge on any atom is 0.319 e. The van der Waals surface area contributed by atoms with Crippen LogP contribution < -0.4 is 5.32 Å². The lowest BCUT2D eigenvalue weighted by Crippen LogP contribution is -2.32. The molecule has 0 saturated heterocycles. The van der Waals surface area contributed by atoms with Crippen LogP contribution in [0.1, 0.15) is 13.8 Å². The van der Waals surface area contributed by atoms with Crippen molar-refractivity contribution >= 4 is 52.7 Å². The van der Waals surface area contributed by atoms with Crippen LogP contribution in [-0.4, -0.2) is 28.2 Å². The van der Waals surface area contributed by atoms with Crippen molar-refractivity contribution < 1.29 is 14.3 Å². The fourth-order valence-corrected chi connectivity index (χ4v) is 3.10. The predicted molar refractivity (Wildman–Crippen MR) is 100 cm³/mol. The molecule has 5 nitrogen and oxygen atoms in total.